The molecule has 1 aromatic heterocycles. The first-order chi connectivity index (χ1) is 20.0. The van der Waals surface area contributed by atoms with Crippen LogP contribution in [0.5, 0.6) is 0 Å². The number of anilines is 1. The Balaban J connectivity index is 0.00000165. The van der Waals surface area contributed by atoms with Crippen molar-refractivity contribution in [2.45, 2.75) is 141 Å². The van der Waals surface area contributed by atoms with Crippen molar-refractivity contribution in [1.82, 2.24) is 10.3 Å². The Hall–Kier alpha value is -1.44. The van der Waals surface area contributed by atoms with Gasteiger partial charge in [0.25, 0.3) is 0 Å². The maximum absolute atomic E-state index is 6.27. The number of ether oxygens (including phenoxy) is 1. The lowest BCUT2D eigenvalue weighted by atomic mass is 9.75. The first-order valence-corrected chi connectivity index (χ1v) is 16.9. The molecule has 4 aliphatic carbocycles. The molecule has 0 radical (unpaired) electrons. The number of nitrogens with zero attached hydrogens (tertiary/aromatic N) is 1. The lowest BCUT2D eigenvalue weighted by Gasteiger charge is -2.43. The number of aromatic nitrogens is 1. The average molecular weight is 586 g/mol. The van der Waals surface area contributed by atoms with Gasteiger partial charge in [-0.1, -0.05) is 31.5 Å². The number of nitrogens with one attached hydrogen (secondary N) is 2. The van der Waals surface area contributed by atoms with E-state index in [9.17, 15) is 0 Å². The molecule has 0 amide bonds. The predicted molar refractivity (Wildman–Crippen MR) is 168 cm³/mol. The molecule has 41 heavy (non-hydrogen) atoms. The van der Waals surface area contributed by atoms with Crippen molar-refractivity contribution in [3.8, 4) is 0 Å². The van der Waals surface area contributed by atoms with E-state index in [1.54, 1.807) is 0 Å². The van der Waals surface area contributed by atoms with Gasteiger partial charge in [-0.25, -0.2) is 9.78 Å². The van der Waals surface area contributed by atoms with Crippen LogP contribution in [0.25, 0.3) is 6.08 Å². The molecule has 4 fully saturated rings. The molecule has 6 rings (SSSR count). The molecular weight excluding hydrogens is 534 g/mol. The molecule has 7 heteroatoms. The summed E-state index contributed by atoms with van der Waals surface area (Å²) in [7, 11) is 0. The fourth-order valence-corrected chi connectivity index (χ4v) is 7.72. The van der Waals surface area contributed by atoms with Crippen LogP contribution >= 0.6 is 11.6 Å². The standard InChI is InChI=1S/C32H46ClN3O3.C2H6/c1-22-21-37-32(39-38-22)16-13-28(14-17-32)35-26-9-5-23(6-10-26)19-24-7-11-27(12-8-24)36-30-15-18-34-31-20-25(33)3-2-4-29(30)31;1-2/h2-3,15,18,20,22-24,26-28,35H,4-14,16-17,19,21H2,1H3,(H,34,36);1-2H3. The van der Waals surface area contributed by atoms with Crippen molar-refractivity contribution < 1.29 is 14.5 Å². The van der Waals surface area contributed by atoms with Crippen LogP contribution in [0.2, 0.25) is 0 Å². The predicted octanol–water partition coefficient (Wildman–Crippen LogP) is 8.31. The van der Waals surface area contributed by atoms with Crippen LogP contribution in [-0.2, 0) is 20.9 Å². The molecule has 1 aliphatic heterocycles. The largest absolute Gasteiger partial charge is 0.382 e. The summed E-state index contributed by atoms with van der Waals surface area (Å²) in [6, 6.07) is 3.97. The maximum Gasteiger partial charge on any atom is 0.201 e. The lowest BCUT2D eigenvalue weighted by Crippen LogP contribution is -2.51. The number of hydrogen-bond acceptors (Lipinski definition) is 6. The molecule has 228 valence electrons. The minimum Gasteiger partial charge on any atom is -0.382 e. The van der Waals surface area contributed by atoms with Crippen molar-refractivity contribution in [3.63, 3.8) is 0 Å². The second kappa shape index (κ2) is 14.8. The zero-order chi connectivity index (χ0) is 28.7. The minimum atomic E-state index is -0.489. The molecule has 1 atom stereocenters. The van der Waals surface area contributed by atoms with Crippen LogP contribution < -0.4 is 10.6 Å². The normalized spacial score (nSPS) is 35.5. The van der Waals surface area contributed by atoms with E-state index in [1.165, 1.54) is 69.0 Å². The molecular formula is C34H52ClN3O3. The van der Waals surface area contributed by atoms with Gasteiger partial charge in [0.1, 0.15) is 6.10 Å². The Morgan fingerprint density at radius 1 is 0.927 bits per heavy atom. The fourth-order valence-electron chi connectivity index (χ4n) is 7.53. The Morgan fingerprint density at radius 2 is 1.59 bits per heavy atom. The molecule has 6 nitrogen and oxygen atoms in total. The van der Waals surface area contributed by atoms with Crippen molar-refractivity contribution in [3.05, 3.63) is 40.7 Å². The highest BCUT2D eigenvalue weighted by Crippen LogP contribution is 2.39. The number of allylic oxidation sites excluding steroid dienone is 3. The molecule has 3 saturated carbocycles. The van der Waals surface area contributed by atoms with Gasteiger partial charge < -0.3 is 15.4 Å². The average Bonchev–Trinajstić information content (AvgIpc) is 3.20. The number of halogens is 1. The third-order valence-electron chi connectivity index (χ3n) is 9.85. The second-order valence-corrected chi connectivity index (χ2v) is 13.3. The molecule has 1 spiro atoms. The third kappa shape index (κ3) is 8.35. The first-order valence-electron chi connectivity index (χ1n) is 16.6. The Morgan fingerprint density at radius 3 is 2.24 bits per heavy atom. The zero-order valence-electron chi connectivity index (χ0n) is 25.5. The maximum atomic E-state index is 6.27. The van der Waals surface area contributed by atoms with E-state index in [4.69, 9.17) is 26.1 Å². The smallest absolute Gasteiger partial charge is 0.201 e. The second-order valence-electron chi connectivity index (χ2n) is 12.8. The van der Waals surface area contributed by atoms with Gasteiger partial charge >= 0.3 is 0 Å². The number of fused-ring (bicyclic) bond motifs is 1. The van der Waals surface area contributed by atoms with Crippen molar-refractivity contribution in [2.24, 2.45) is 11.8 Å². The van der Waals surface area contributed by atoms with E-state index in [1.807, 2.05) is 39.1 Å². The summed E-state index contributed by atoms with van der Waals surface area (Å²) in [5, 5.41) is 8.60. The quantitative estimate of drug-likeness (QED) is 0.327. The van der Waals surface area contributed by atoms with Crippen molar-refractivity contribution in [2.75, 3.05) is 11.9 Å². The summed E-state index contributed by atoms with van der Waals surface area (Å²) in [6.45, 7) is 6.63. The van der Waals surface area contributed by atoms with Crippen molar-refractivity contribution in [1.29, 1.82) is 0 Å². The topological polar surface area (TPSA) is 64.6 Å². The van der Waals surface area contributed by atoms with Gasteiger partial charge in [0.2, 0.25) is 5.79 Å². The van der Waals surface area contributed by atoms with Crippen LogP contribution in [0, 0.1) is 11.8 Å². The third-order valence-corrected chi connectivity index (χ3v) is 10.1. The monoisotopic (exact) mass is 585 g/mol. The van der Waals surface area contributed by atoms with Gasteiger partial charge in [0, 0.05) is 53.4 Å². The van der Waals surface area contributed by atoms with Crippen molar-refractivity contribution >= 4 is 23.4 Å². The van der Waals surface area contributed by atoms with Crippen LogP contribution in [0.15, 0.2) is 29.4 Å². The van der Waals surface area contributed by atoms with E-state index < -0.39 is 5.79 Å². The van der Waals surface area contributed by atoms with E-state index in [0.717, 1.165) is 54.7 Å². The first kappa shape index (κ1) is 31.0. The van der Waals surface area contributed by atoms with Gasteiger partial charge in [0.05, 0.1) is 12.3 Å². The van der Waals surface area contributed by atoms with Gasteiger partial charge in [-0.3, -0.25) is 4.98 Å². The summed E-state index contributed by atoms with van der Waals surface area (Å²) in [4.78, 5) is 15.6. The molecule has 0 aromatic carbocycles. The van der Waals surface area contributed by atoms with Gasteiger partial charge in [0.15, 0.2) is 0 Å². The molecule has 2 heterocycles. The molecule has 5 aliphatic rings. The Labute approximate surface area is 253 Å². The van der Waals surface area contributed by atoms with E-state index in [2.05, 4.69) is 27.8 Å². The molecule has 1 saturated heterocycles. The SMILES string of the molecule is CC.CC1COC2(CCC(NC3CCC(CC4CCC(Nc5ccnc6c5CC=CC(Cl)=C6)CC4)CC3)CC2)OO1. The van der Waals surface area contributed by atoms with Gasteiger partial charge in [-0.05, 0) is 114 Å². The zero-order valence-corrected chi connectivity index (χ0v) is 26.3. The van der Waals surface area contributed by atoms with Crippen LogP contribution in [-0.4, -0.2) is 41.6 Å². The summed E-state index contributed by atoms with van der Waals surface area (Å²) in [6.07, 6.45) is 25.1. The summed E-state index contributed by atoms with van der Waals surface area (Å²) < 4.78 is 6.02. The number of hydrogen-bond donors (Lipinski definition) is 2. The van der Waals surface area contributed by atoms with Gasteiger partial charge in [-0.15, -0.1) is 0 Å². The van der Waals surface area contributed by atoms with E-state index in [0.29, 0.717) is 24.7 Å². The van der Waals surface area contributed by atoms with E-state index >= 15 is 0 Å². The Bertz CT molecular complexity index is 1010. The summed E-state index contributed by atoms with van der Waals surface area (Å²) in [5.41, 5.74) is 3.50. The highest BCUT2D eigenvalue weighted by molar-refractivity contribution is 6.33. The highest BCUT2D eigenvalue weighted by atomic mass is 35.5. The van der Waals surface area contributed by atoms with Crippen LogP contribution in [0.4, 0.5) is 5.69 Å². The fraction of sp³-hybridized carbons (Fsp3) is 0.735. The molecule has 1 aromatic rings. The molecule has 1 unspecified atom stereocenters. The van der Waals surface area contributed by atoms with Crippen LogP contribution in [0.3, 0.4) is 0 Å². The molecule has 2 N–H and O–H groups in total. The molecule has 0 bridgehead atoms. The van der Waals surface area contributed by atoms with Crippen LogP contribution in [0.1, 0.15) is 115 Å². The minimum absolute atomic E-state index is 0.0338. The summed E-state index contributed by atoms with van der Waals surface area (Å²) in [5.74, 6) is 1.32. The lowest BCUT2D eigenvalue weighted by molar-refractivity contribution is -0.489. The number of pyridine rings is 1. The highest BCUT2D eigenvalue weighted by Gasteiger charge is 2.42. The number of rotatable bonds is 6. The van der Waals surface area contributed by atoms with E-state index in [-0.39, 0.29) is 6.10 Å². The van der Waals surface area contributed by atoms with Gasteiger partial charge in [-0.2, -0.15) is 0 Å². The summed E-state index contributed by atoms with van der Waals surface area (Å²) >= 11 is 6.27. The Kier molecular flexibility index (Phi) is 11.2.